The normalized spacial score (nSPS) is 11.6. The van der Waals surface area contributed by atoms with Crippen molar-refractivity contribution < 1.29 is 4.42 Å². The van der Waals surface area contributed by atoms with Crippen molar-refractivity contribution in [1.82, 2.24) is 0 Å². The summed E-state index contributed by atoms with van der Waals surface area (Å²) in [5.74, 6) is 0. The Balaban J connectivity index is 1.15. The summed E-state index contributed by atoms with van der Waals surface area (Å²) in [7, 11) is 0. The summed E-state index contributed by atoms with van der Waals surface area (Å²) in [5.41, 5.74) is 9.73. The van der Waals surface area contributed by atoms with E-state index in [1.165, 1.54) is 43.4 Å². The quantitative estimate of drug-likeness (QED) is 0.175. The van der Waals surface area contributed by atoms with Crippen molar-refractivity contribution in [3.8, 4) is 22.3 Å². The predicted molar refractivity (Wildman–Crippen MR) is 212 cm³/mol. The molecule has 0 fully saturated rings. The lowest BCUT2D eigenvalue weighted by Crippen LogP contribution is -2.11. The summed E-state index contributed by atoms with van der Waals surface area (Å²) in [4.78, 5) is 2.41. The number of hydrogen-bond acceptors (Lipinski definition) is 2. The van der Waals surface area contributed by atoms with Gasteiger partial charge >= 0.3 is 0 Å². The molecule has 0 spiro atoms. The van der Waals surface area contributed by atoms with Crippen LogP contribution in [-0.2, 0) is 0 Å². The number of furan rings is 1. The summed E-state index contributed by atoms with van der Waals surface area (Å²) >= 11 is 0. The van der Waals surface area contributed by atoms with Crippen molar-refractivity contribution in [1.29, 1.82) is 0 Å². The molecule has 0 saturated carbocycles. The fourth-order valence-corrected chi connectivity index (χ4v) is 7.67. The van der Waals surface area contributed by atoms with E-state index in [1.807, 2.05) is 12.1 Å². The van der Waals surface area contributed by atoms with Crippen LogP contribution in [0.3, 0.4) is 0 Å². The third-order valence-corrected chi connectivity index (χ3v) is 10.0. The van der Waals surface area contributed by atoms with Gasteiger partial charge in [-0.25, -0.2) is 0 Å². The van der Waals surface area contributed by atoms with E-state index >= 15 is 0 Å². The maximum atomic E-state index is 6.41. The van der Waals surface area contributed by atoms with E-state index in [-0.39, 0.29) is 0 Å². The Morgan fingerprint density at radius 3 is 1.80 bits per heavy atom. The molecule has 0 aliphatic heterocycles. The van der Waals surface area contributed by atoms with Gasteiger partial charge in [0, 0.05) is 33.0 Å². The summed E-state index contributed by atoms with van der Waals surface area (Å²) in [6.07, 6.45) is 0. The van der Waals surface area contributed by atoms with E-state index in [2.05, 4.69) is 181 Å². The maximum Gasteiger partial charge on any atom is 0.143 e. The van der Waals surface area contributed by atoms with Crippen molar-refractivity contribution in [3.63, 3.8) is 0 Å². The Bertz CT molecular complexity index is 2870. The van der Waals surface area contributed by atoms with E-state index in [1.54, 1.807) is 0 Å². The van der Waals surface area contributed by atoms with Crippen molar-refractivity contribution in [3.05, 3.63) is 188 Å². The van der Waals surface area contributed by atoms with Gasteiger partial charge in [-0.05, 0) is 74.5 Å². The second kappa shape index (κ2) is 11.5. The van der Waals surface area contributed by atoms with Crippen molar-refractivity contribution >= 4 is 71.3 Å². The lowest BCUT2D eigenvalue weighted by molar-refractivity contribution is 0.670. The van der Waals surface area contributed by atoms with E-state index in [0.29, 0.717) is 0 Å². The van der Waals surface area contributed by atoms with Crippen LogP contribution in [-0.4, -0.2) is 0 Å². The van der Waals surface area contributed by atoms with Gasteiger partial charge in [0.05, 0.1) is 11.4 Å². The van der Waals surface area contributed by atoms with Crippen LogP contribution in [0.4, 0.5) is 17.1 Å². The van der Waals surface area contributed by atoms with Gasteiger partial charge < -0.3 is 9.32 Å². The first-order chi connectivity index (χ1) is 24.8. The molecule has 2 heteroatoms. The Morgan fingerprint density at radius 2 is 0.920 bits per heavy atom. The molecule has 50 heavy (non-hydrogen) atoms. The van der Waals surface area contributed by atoms with Crippen LogP contribution in [0.25, 0.3) is 76.5 Å². The van der Waals surface area contributed by atoms with Crippen LogP contribution in [0.2, 0.25) is 0 Å². The fraction of sp³-hybridized carbons (Fsp3) is 0. The summed E-state index contributed by atoms with van der Waals surface area (Å²) < 4.78 is 6.41. The Kier molecular flexibility index (Phi) is 6.53. The molecule has 9 aromatic carbocycles. The molecule has 10 rings (SSSR count). The van der Waals surface area contributed by atoms with Crippen LogP contribution < -0.4 is 4.90 Å². The highest BCUT2D eigenvalue weighted by molar-refractivity contribution is 6.11. The zero-order valence-electron chi connectivity index (χ0n) is 27.3. The third-order valence-electron chi connectivity index (χ3n) is 10.0. The second-order valence-electron chi connectivity index (χ2n) is 12.9. The molecule has 2 nitrogen and oxygen atoms in total. The van der Waals surface area contributed by atoms with Crippen LogP contribution in [0.1, 0.15) is 0 Å². The minimum Gasteiger partial charge on any atom is -0.455 e. The van der Waals surface area contributed by atoms with Gasteiger partial charge in [0.2, 0.25) is 0 Å². The molecule has 0 N–H and O–H groups in total. The Hall–Kier alpha value is -6.64. The molecule has 0 bridgehead atoms. The molecular weight excluding hydrogens is 607 g/mol. The molecule has 0 saturated heterocycles. The molecule has 234 valence electrons. The number of nitrogens with zero attached hydrogens (tertiary/aromatic N) is 1. The molecule has 0 atom stereocenters. The van der Waals surface area contributed by atoms with Gasteiger partial charge in [-0.1, -0.05) is 152 Å². The second-order valence-corrected chi connectivity index (χ2v) is 12.9. The number of fused-ring (bicyclic) bond motifs is 7. The van der Waals surface area contributed by atoms with Crippen molar-refractivity contribution in [2.45, 2.75) is 0 Å². The first kappa shape index (κ1) is 28.4. The van der Waals surface area contributed by atoms with E-state index in [4.69, 9.17) is 4.42 Å². The molecule has 1 aromatic heterocycles. The molecule has 0 aliphatic rings. The van der Waals surface area contributed by atoms with Gasteiger partial charge in [0.1, 0.15) is 11.2 Å². The van der Waals surface area contributed by atoms with Gasteiger partial charge in [0.15, 0.2) is 0 Å². The average Bonchev–Trinajstić information content (AvgIpc) is 3.57. The standard InChI is InChI=1S/C48H31NO/c1-3-14-38-33(12-1)23-24-35-31-36(27-30-39(35)38)41-16-5-7-20-45(41)49(46-21-9-13-32-11-2-4-15-40(32)46)37-28-25-34(26-29-37)42-18-10-19-44-43-17-6-8-22-47(43)50-48(42)44/h1-31H. The number of para-hydroxylation sites is 3. The highest BCUT2D eigenvalue weighted by Crippen LogP contribution is 2.45. The van der Waals surface area contributed by atoms with E-state index < -0.39 is 0 Å². The predicted octanol–water partition coefficient (Wildman–Crippen LogP) is 13.8. The zero-order chi connectivity index (χ0) is 33.0. The Labute approximate surface area is 290 Å². The van der Waals surface area contributed by atoms with Crippen LogP contribution in [0.5, 0.6) is 0 Å². The summed E-state index contributed by atoms with van der Waals surface area (Å²) in [6, 6.07) is 67.6. The molecule has 0 radical (unpaired) electrons. The molecule has 1 heterocycles. The highest BCUT2D eigenvalue weighted by atomic mass is 16.3. The first-order valence-corrected chi connectivity index (χ1v) is 17.1. The SMILES string of the molecule is c1ccc(N(c2ccc(-c3cccc4c3oc3ccccc34)cc2)c2cccc3ccccc23)c(-c2ccc3c(ccc4ccccc43)c2)c1. The number of anilines is 3. The molecule has 0 unspecified atom stereocenters. The smallest absolute Gasteiger partial charge is 0.143 e. The van der Waals surface area contributed by atoms with Crippen LogP contribution in [0, 0.1) is 0 Å². The van der Waals surface area contributed by atoms with E-state index in [9.17, 15) is 0 Å². The first-order valence-electron chi connectivity index (χ1n) is 17.1. The Morgan fingerprint density at radius 1 is 0.340 bits per heavy atom. The van der Waals surface area contributed by atoms with Gasteiger partial charge in [-0.15, -0.1) is 0 Å². The summed E-state index contributed by atoms with van der Waals surface area (Å²) in [5, 5.41) is 9.72. The fourth-order valence-electron chi connectivity index (χ4n) is 7.67. The lowest BCUT2D eigenvalue weighted by atomic mass is 9.95. The molecule has 0 aliphatic carbocycles. The topological polar surface area (TPSA) is 16.4 Å². The molecular formula is C48H31NO. The zero-order valence-corrected chi connectivity index (χ0v) is 27.3. The number of hydrogen-bond donors (Lipinski definition) is 0. The molecule has 10 aromatic rings. The van der Waals surface area contributed by atoms with Gasteiger partial charge in [-0.3, -0.25) is 0 Å². The third kappa shape index (κ3) is 4.57. The molecule has 0 amide bonds. The maximum absolute atomic E-state index is 6.41. The van der Waals surface area contributed by atoms with Crippen molar-refractivity contribution in [2.24, 2.45) is 0 Å². The minimum absolute atomic E-state index is 0.909. The van der Waals surface area contributed by atoms with Crippen LogP contribution >= 0.6 is 0 Å². The van der Waals surface area contributed by atoms with Crippen LogP contribution in [0.15, 0.2) is 192 Å². The van der Waals surface area contributed by atoms with Crippen molar-refractivity contribution in [2.75, 3.05) is 4.90 Å². The minimum atomic E-state index is 0.909. The monoisotopic (exact) mass is 637 g/mol. The lowest BCUT2D eigenvalue weighted by Gasteiger charge is -2.29. The average molecular weight is 638 g/mol. The summed E-state index contributed by atoms with van der Waals surface area (Å²) in [6.45, 7) is 0. The van der Waals surface area contributed by atoms with Gasteiger partial charge in [-0.2, -0.15) is 0 Å². The van der Waals surface area contributed by atoms with Gasteiger partial charge in [0.25, 0.3) is 0 Å². The largest absolute Gasteiger partial charge is 0.455 e. The number of rotatable bonds is 5. The highest BCUT2D eigenvalue weighted by Gasteiger charge is 2.20. The number of benzene rings is 9. The van der Waals surface area contributed by atoms with E-state index in [0.717, 1.165) is 50.1 Å².